The number of anilines is 1. The van der Waals surface area contributed by atoms with Crippen molar-refractivity contribution in [1.29, 1.82) is 0 Å². The first-order chi connectivity index (χ1) is 7.56. The molecule has 0 radical (unpaired) electrons. The Labute approximate surface area is 101 Å². The Morgan fingerprint density at radius 3 is 2.56 bits per heavy atom. The highest BCUT2D eigenvalue weighted by Gasteiger charge is 2.38. The Bertz CT molecular complexity index is 366. The Hall–Kier alpha value is -0.650. The molecule has 2 heterocycles. The molecule has 1 N–H and O–H groups in total. The summed E-state index contributed by atoms with van der Waals surface area (Å²) < 4.78 is 5.61. The maximum Gasteiger partial charge on any atom is 0.185 e. The van der Waals surface area contributed by atoms with Crippen molar-refractivity contribution in [3.8, 4) is 0 Å². The summed E-state index contributed by atoms with van der Waals surface area (Å²) in [6.45, 7) is 3.96. The molecule has 2 rings (SSSR count). The van der Waals surface area contributed by atoms with Gasteiger partial charge in [-0.3, -0.25) is 0 Å². The zero-order valence-corrected chi connectivity index (χ0v) is 11.1. The van der Waals surface area contributed by atoms with Crippen LogP contribution in [0.5, 0.6) is 0 Å². The fraction of sp³-hybridized carbons (Fsp3) is 0.727. The largest absolute Gasteiger partial charge is 0.375 e. The van der Waals surface area contributed by atoms with E-state index in [9.17, 15) is 0 Å². The lowest BCUT2D eigenvalue weighted by Gasteiger charge is -2.41. The summed E-state index contributed by atoms with van der Waals surface area (Å²) in [4.78, 5) is 7.95. The molecule has 16 heavy (non-hydrogen) atoms. The second-order valence-electron chi connectivity index (χ2n) is 4.57. The van der Waals surface area contributed by atoms with E-state index in [4.69, 9.17) is 4.74 Å². The second-order valence-corrected chi connectivity index (χ2v) is 5.63. The summed E-state index contributed by atoms with van der Waals surface area (Å²) in [5.74, 6) is 0. The number of ether oxygens (including phenoxy) is 1. The van der Waals surface area contributed by atoms with Crippen LogP contribution in [0.4, 0.5) is 5.13 Å². The first kappa shape index (κ1) is 11.8. The van der Waals surface area contributed by atoms with Crippen LogP contribution < -0.4 is 10.2 Å². The third-order valence-electron chi connectivity index (χ3n) is 3.07. The quantitative estimate of drug-likeness (QED) is 0.855. The maximum atomic E-state index is 5.61. The molecule has 1 aromatic heterocycles. The summed E-state index contributed by atoms with van der Waals surface area (Å²) in [6, 6.07) is 0. The number of hydrogen-bond donors (Lipinski definition) is 1. The Morgan fingerprint density at radius 1 is 1.50 bits per heavy atom. The van der Waals surface area contributed by atoms with Gasteiger partial charge in [-0.25, -0.2) is 4.98 Å². The van der Waals surface area contributed by atoms with Crippen LogP contribution in [0.1, 0.15) is 10.6 Å². The minimum atomic E-state index is 0.000869. The number of rotatable bonds is 4. The van der Waals surface area contributed by atoms with E-state index in [2.05, 4.69) is 22.1 Å². The summed E-state index contributed by atoms with van der Waals surface area (Å²) >= 11 is 1.77. The first-order valence-electron chi connectivity index (χ1n) is 5.46. The molecule has 1 saturated heterocycles. The highest BCUT2D eigenvalue weighted by Crippen LogP contribution is 2.30. The van der Waals surface area contributed by atoms with Gasteiger partial charge < -0.3 is 15.0 Å². The molecule has 0 spiro atoms. The fourth-order valence-corrected chi connectivity index (χ4v) is 2.92. The zero-order chi connectivity index (χ0) is 11.8. The van der Waals surface area contributed by atoms with Crippen LogP contribution in [0.15, 0.2) is 0 Å². The molecule has 4 nitrogen and oxygen atoms in total. The molecule has 0 aromatic carbocycles. The lowest BCUT2D eigenvalue weighted by molar-refractivity contribution is -0.0497. The number of thiazole rings is 1. The first-order valence-corrected chi connectivity index (χ1v) is 6.27. The molecule has 1 aromatic rings. The summed E-state index contributed by atoms with van der Waals surface area (Å²) in [5.41, 5.74) is 1.14. The molecule has 5 heteroatoms. The molecule has 1 aliphatic rings. The standard InChI is InChI=1S/C11H19N3OS/c1-8-9(16-10(13-8)14(2)3)5-11(15-4)6-12-7-11/h12H,5-7H2,1-4H3. The fourth-order valence-electron chi connectivity index (χ4n) is 1.81. The predicted octanol–water partition coefficient (Wildman–Crippen LogP) is 1.05. The van der Waals surface area contributed by atoms with Crippen LogP contribution in [0.25, 0.3) is 0 Å². The van der Waals surface area contributed by atoms with E-state index in [-0.39, 0.29) is 5.60 Å². The van der Waals surface area contributed by atoms with Crippen LogP contribution in [0.2, 0.25) is 0 Å². The minimum Gasteiger partial charge on any atom is -0.375 e. The van der Waals surface area contributed by atoms with Crippen LogP contribution in [0.3, 0.4) is 0 Å². The third-order valence-corrected chi connectivity index (χ3v) is 4.40. The molecular formula is C11H19N3OS. The highest BCUT2D eigenvalue weighted by atomic mass is 32.1. The Morgan fingerprint density at radius 2 is 2.19 bits per heavy atom. The van der Waals surface area contributed by atoms with Crippen molar-refractivity contribution in [3.63, 3.8) is 0 Å². The van der Waals surface area contributed by atoms with Gasteiger partial charge in [0.05, 0.1) is 11.3 Å². The van der Waals surface area contributed by atoms with Crippen LogP contribution >= 0.6 is 11.3 Å². The SMILES string of the molecule is COC1(Cc2sc(N(C)C)nc2C)CNC1. The molecule has 0 amide bonds. The number of nitrogens with one attached hydrogen (secondary N) is 1. The molecule has 90 valence electrons. The van der Waals surface area contributed by atoms with E-state index in [1.807, 2.05) is 14.1 Å². The average Bonchev–Trinajstić information content (AvgIpc) is 2.54. The molecule has 0 bridgehead atoms. The van der Waals surface area contributed by atoms with Gasteiger partial charge in [0.2, 0.25) is 0 Å². The second kappa shape index (κ2) is 4.31. The van der Waals surface area contributed by atoms with Crippen molar-refractivity contribution >= 4 is 16.5 Å². The van der Waals surface area contributed by atoms with E-state index in [1.165, 1.54) is 4.88 Å². The van der Waals surface area contributed by atoms with E-state index in [1.54, 1.807) is 18.4 Å². The summed E-state index contributed by atoms with van der Waals surface area (Å²) in [5, 5.41) is 4.35. The molecular weight excluding hydrogens is 222 g/mol. The van der Waals surface area contributed by atoms with E-state index >= 15 is 0 Å². The van der Waals surface area contributed by atoms with E-state index in [0.717, 1.165) is 30.3 Å². The number of nitrogens with zero attached hydrogens (tertiary/aromatic N) is 2. The average molecular weight is 241 g/mol. The van der Waals surface area contributed by atoms with Gasteiger partial charge in [0.25, 0.3) is 0 Å². The molecule has 1 fully saturated rings. The number of aryl methyl sites for hydroxylation is 1. The van der Waals surface area contributed by atoms with Crippen molar-refractivity contribution in [1.82, 2.24) is 10.3 Å². The van der Waals surface area contributed by atoms with E-state index in [0.29, 0.717) is 0 Å². The van der Waals surface area contributed by atoms with Gasteiger partial charge in [0, 0.05) is 45.6 Å². The van der Waals surface area contributed by atoms with Crippen molar-refractivity contribution in [3.05, 3.63) is 10.6 Å². The van der Waals surface area contributed by atoms with Crippen LogP contribution in [0, 0.1) is 6.92 Å². The Kier molecular flexibility index (Phi) is 3.19. The zero-order valence-electron chi connectivity index (χ0n) is 10.3. The van der Waals surface area contributed by atoms with Crippen LogP contribution in [-0.2, 0) is 11.2 Å². The maximum absolute atomic E-state index is 5.61. The molecule has 0 aliphatic carbocycles. The van der Waals surface area contributed by atoms with Crippen LogP contribution in [-0.4, -0.2) is 44.9 Å². The van der Waals surface area contributed by atoms with Gasteiger partial charge in [-0.05, 0) is 6.92 Å². The molecule has 0 saturated carbocycles. The number of aromatic nitrogens is 1. The van der Waals surface area contributed by atoms with Crippen molar-refractivity contribution in [2.75, 3.05) is 39.2 Å². The number of hydrogen-bond acceptors (Lipinski definition) is 5. The summed E-state index contributed by atoms with van der Waals surface area (Å²) in [7, 11) is 5.85. The van der Waals surface area contributed by atoms with Gasteiger partial charge in [-0.15, -0.1) is 11.3 Å². The van der Waals surface area contributed by atoms with Gasteiger partial charge in [-0.2, -0.15) is 0 Å². The third kappa shape index (κ3) is 2.07. The minimum absolute atomic E-state index is 0.000869. The van der Waals surface area contributed by atoms with Gasteiger partial charge in [0.1, 0.15) is 0 Å². The van der Waals surface area contributed by atoms with Crippen molar-refractivity contribution < 1.29 is 4.74 Å². The topological polar surface area (TPSA) is 37.4 Å². The lowest BCUT2D eigenvalue weighted by Crippen LogP contribution is -2.61. The van der Waals surface area contributed by atoms with Gasteiger partial charge in [-0.1, -0.05) is 0 Å². The van der Waals surface area contributed by atoms with Gasteiger partial charge >= 0.3 is 0 Å². The smallest absolute Gasteiger partial charge is 0.185 e. The van der Waals surface area contributed by atoms with E-state index < -0.39 is 0 Å². The molecule has 0 unspecified atom stereocenters. The molecule has 1 aliphatic heterocycles. The Balaban J connectivity index is 2.14. The number of methoxy groups -OCH3 is 1. The highest BCUT2D eigenvalue weighted by molar-refractivity contribution is 7.15. The normalized spacial score (nSPS) is 18.2. The lowest BCUT2D eigenvalue weighted by atomic mass is 9.91. The van der Waals surface area contributed by atoms with Crippen molar-refractivity contribution in [2.45, 2.75) is 18.9 Å². The van der Waals surface area contributed by atoms with Gasteiger partial charge in [0.15, 0.2) is 5.13 Å². The molecule has 0 atom stereocenters. The summed E-state index contributed by atoms with van der Waals surface area (Å²) in [6.07, 6.45) is 0.966. The predicted molar refractivity (Wildman–Crippen MR) is 67.5 cm³/mol. The monoisotopic (exact) mass is 241 g/mol. The van der Waals surface area contributed by atoms with Crippen molar-refractivity contribution in [2.24, 2.45) is 0 Å².